The van der Waals surface area contributed by atoms with Crippen LogP contribution in [0.25, 0.3) is 10.8 Å². The van der Waals surface area contributed by atoms with Crippen LogP contribution in [-0.4, -0.2) is 62.4 Å². The number of nitrogens with zero attached hydrogens (tertiary/aromatic N) is 2. The first-order valence-electron chi connectivity index (χ1n) is 11.8. The molecule has 1 unspecified atom stereocenters. The normalized spacial score (nSPS) is 15.1. The maximum atomic E-state index is 13.3. The van der Waals surface area contributed by atoms with Crippen LogP contribution in [0.3, 0.4) is 0 Å². The molecule has 2 aromatic carbocycles. The van der Waals surface area contributed by atoms with Crippen molar-refractivity contribution in [3.8, 4) is 0 Å². The summed E-state index contributed by atoms with van der Waals surface area (Å²) in [5.41, 5.74) is 9.84. The van der Waals surface area contributed by atoms with Crippen LogP contribution in [0.4, 0.5) is 0 Å². The predicted molar refractivity (Wildman–Crippen MR) is 140 cm³/mol. The Labute approximate surface area is 206 Å². The second kappa shape index (κ2) is 15.3. The first-order valence-corrected chi connectivity index (χ1v) is 12.6. The molecule has 0 radical (unpaired) electrons. The molecule has 1 aliphatic rings. The van der Waals surface area contributed by atoms with Crippen molar-refractivity contribution in [2.24, 2.45) is 22.4 Å². The Morgan fingerprint density at radius 2 is 1.91 bits per heavy atom. The summed E-state index contributed by atoms with van der Waals surface area (Å²) in [7, 11) is 1.50. The zero-order chi connectivity index (χ0) is 24.8. The summed E-state index contributed by atoms with van der Waals surface area (Å²) >= 11 is 1.48. The smallest absolute Gasteiger partial charge is 0.309 e. The van der Waals surface area contributed by atoms with Crippen LogP contribution in [0.15, 0.2) is 52.4 Å². The van der Waals surface area contributed by atoms with Gasteiger partial charge in [-0.25, -0.2) is 4.72 Å². The molecule has 1 atom stereocenters. The molecule has 1 aliphatic heterocycles. The lowest BCUT2D eigenvalue weighted by Gasteiger charge is -2.33. The highest BCUT2D eigenvalue weighted by Crippen LogP contribution is 2.24. The maximum Gasteiger partial charge on any atom is 0.309 e. The van der Waals surface area contributed by atoms with Crippen molar-refractivity contribution in [3.63, 3.8) is 0 Å². The van der Waals surface area contributed by atoms with E-state index in [1.807, 2.05) is 24.0 Å². The Bertz CT molecular complexity index is 932. The SMILES string of the molecule is CCOC(=O)C1CCN(C(=O)C(CCCN=CN)NSc2ccc3ccccc3c2)CC1.CN. The number of hydrogen-bond acceptors (Lipinski definition) is 7. The third-order valence-electron chi connectivity index (χ3n) is 5.65. The lowest BCUT2D eigenvalue weighted by Crippen LogP contribution is -2.48. The molecule has 0 spiro atoms. The van der Waals surface area contributed by atoms with Gasteiger partial charge in [-0.05, 0) is 74.5 Å². The van der Waals surface area contributed by atoms with Crippen molar-refractivity contribution < 1.29 is 14.3 Å². The highest BCUT2D eigenvalue weighted by atomic mass is 32.2. The topological polar surface area (TPSA) is 123 Å². The van der Waals surface area contributed by atoms with Gasteiger partial charge in [0, 0.05) is 24.5 Å². The summed E-state index contributed by atoms with van der Waals surface area (Å²) in [4.78, 5) is 32.2. The summed E-state index contributed by atoms with van der Waals surface area (Å²) in [6.07, 6.45) is 4.01. The Morgan fingerprint density at radius 3 is 2.59 bits per heavy atom. The van der Waals surface area contributed by atoms with Crippen molar-refractivity contribution in [2.75, 3.05) is 33.3 Å². The molecule has 0 aliphatic carbocycles. The van der Waals surface area contributed by atoms with Crippen molar-refractivity contribution in [1.82, 2.24) is 9.62 Å². The molecule has 1 amide bonds. The van der Waals surface area contributed by atoms with E-state index in [-0.39, 0.29) is 23.8 Å². The average molecular weight is 488 g/mol. The van der Waals surface area contributed by atoms with Gasteiger partial charge < -0.3 is 21.1 Å². The fourth-order valence-corrected chi connectivity index (χ4v) is 4.70. The van der Waals surface area contributed by atoms with Gasteiger partial charge >= 0.3 is 5.97 Å². The standard InChI is InChI=1S/C24H32N4O3S.CH5N/c1-2-31-24(30)19-11-14-28(15-12-19)23(29)22(8-5-13-26-17-25)27-32-21-10-9-18-6-3-4-7-20(18)16-21;1-2/h3-4,6-7,9-10,16-17,19,22,27H,2,5,8,11-15H2,1H3,(H2,25,26);2H2,1H3. The molecular weight excluding hydrogens is 450 g/mol. The molecule has 1 heterocycles. The fraction of sp³-hybridized carbons (Fsp3) is 0.480. The van der Waals surface area contributed by atoms with Gasteiger partial charge in [0.05, 0.1) is 24.9 Å². The minimum absolute atomic E-state index is 0.0670. The number of carbonyl (C=O) groups excluding carboxylic acids is 2. The second-order valence-electron chi connectivity index (χ2n) is 7.83. The molecule has 186 valence electrons. The number of fused-ring (bicyclic) bond motifs is 1. The molecule has 34 heavy (non-hydrogen) atoms. The van der Waals surface area contributed by atoms with E-state index >= 15 is 0 Å². The van der Waals surface area contributed by atoms with E-state index < -0.39 is 0 Å². The van der Waals surface area contributed by atoms with E-state index in [0.29, 0.717) is 45.5 Å². The van der Waals surface area contributed by atoms with Gasteiger partial charge in [0.2, 0.25) is 5.91 Å². The Kier molecular flexibility index (Phi) is 12.4. The number of rotatable bonds is 10. The van der Waals surface area contributed by atoms with E-state index in [1.165, 1.54) is 36.1 Å². The molecule has 1 fully saturated rings. The van der Waals surface area contributed by atoms with E-state index in [9.17, 15) is 9.59 Å². The van der Waals surface area contributed by atoms with Crippen LogP contribution in [0, 0.1) is 5.92 Å². The summed E-state index contributed by atoms with van der Waals surface area (Å²) in [6.45, 7) is 3.94. The van der Waals surface area contributed by atoms with Crippen molar-refractivity contribution in [2.45, 2.75) is 43.5 Å². The minimum atomic E-state index is -0.335. The number of likely N-dealkylation sites (tertiary alicyclic amines) is 1. The molecule has 2 aromatic rings. The quantitative estimate of drug-likeness (QED) is 0.155. The molecule has 0 aromatic heterocycles. The van der Waals surface area contributed by atoms with Gasteiger partial charge in [-0.1, -0.05) is 30.3 Å². The number of benzene rings is 2. The fourth-order valence-electron chi connectivity index (χ4n) is 3.88. The number of hydrogen-bond donors (Lipinski definition) is 3. The van der Waals surface area contributed by atoms with Gasteiger partial charge in [-0.15, -0.1) is 0 Å². The molecule has 0 saturated carbocycles. The number of nitrogens with two attached hydrogens (primary N) is 2. The average Bonchev–Trinajstić information content (AvgIpc) is 2.89. The summed E-state index contributed by atoms with van der Waals surface area (Å²) in [5, 5.41) is 2.36. The maximum absolute atomic E-state index is 13.3. The molecule has 5 N–H and O–H groups in total. The van der Waals surface area contributed by atoms with Crippen molar-refractivity contribution in [3.05, 3.63) is 42.5 Å². The van der Waals surface area contributed by atoms with Crippen LogP contribution in [-0.2, 0) is 14.3 Å². The zero-order valence-electron chi connectivity index (χ0n) is 20.1. The molecule has 8 nitrogen and oxygen atoms in total. The first-order chi connectivity index (χ1) is 16.6. The number of piperidine rings is 1. The van der Waals surface area contributed by atoms with E-state index in [0.717, 1.165) is 11.3 Å². The van der Waals surface area contributed by atoms with Crippen LogP contribution in [0.5, 0.6) is 0 Å². The lowest BCUT2D eigenvalue weighted by molar-refractivity contribution is -0.151. The van der Waals surface area contributed by atoms with E-state index in [4.69, 9.17) is 10.5 Å². The number of esters is 1. The van der Waals surface area contributed by atoms with Crippen LogP contribution >= 0.6 is 11.9 Å². The molecular formula is C25H37N5O3S. The first kappa shape index (κ1) is 27.6. The third-order valence-corrected chi connectivity index (χ3v) is 6.54. The zero-order valence-corrected chi connectivity index (χ0v) is 20.9. The largest absolute Gasteiger partial charge is 0.466 e. The monoisotopic (exact) mass is 487 g/mol. The van der Waals surface area contributed by atoms with Crippen LogP contribution in [0.1, 0.15) is 32.6 Å². The van der Waals surface area contributed by atoms with Gasteiger partial charge in [-0.2, -0.15) is 0 Å². The molecule has 9 heteroatoms. The second-order valence-corrected chi connectivity index (χ2v) is 8.74. The number of carbonyl (C=O) groups is 2. The number of ether oxygens (including phenoxy) is 1. The summed E-state index contributed by atoms with van der Waals surface area (Å²) < 4.78 is 8.52. The molecule has 1 saturated heterocycles. The van der Waals surface area contributed by atoms with Gasteiger partial charge in [0.1, 0.15) is 0 Å². The van der Waals surface area contributed by atoms with Crippen molar-refractivity contribution >= 4 is 40.9 Å². The predicted octanol–water partition coefficient (Wildman–Crippen LogP) is 2.95. The Morgan fingerprint density at radius 1 is 1.21 bits per heavy atom. The summed E-state index contributed by atoms with van der Waals surface area (Å²) in [5.74, 6) is -0.200. The highest BCUT2D eigenvalue weighted by molar-refractivity contribution is 7.97. The third kappa shape index (κ3) is 8.30. The molecule has 3 rings (SSSR count). The number of amides is 1. The number of nitrogens with one attached hydrogen (secondary N) is 1. The lowest BCUT2D eigenvalue weighted by atomic mass is 9.96. The molecule has 0 bridgehead atoms. The van der Waals surface area contributed by atoms with E-state index in [1.54, 1.807) is 0 Å². The van der Waals surface area contributed by atoms with Crippen LogP contribution < -0.4 is 16.2 Å². The number of aliphatic imine (C=N–C) groups is 1. The van der Waals surface area contributed by atoms with Gasteiger partial charge in [-0.3, -0.25) is 14.6 Å². The van der Waals surface area contributed by atoms with Gasteiger partial charge in [0.25, 0.3) is 0 Å². The summed E-state index contributed by atoms with van der Waals surface area (Å²) in [6, 6.07) is 14.2. The van der Waals surface area contributed by atoms with Crippen LogP contribution in [0.2, 0.25) is 0 Å². The van der Waals surface area contributed by atoms with Crippen molar-refractivity contribution in [1.29, 1.82) is 0 Å². The Balaban J connectivity index is 0.00000199. The van der Waals surface area contributed by atoms with Gasteiger partial charge in [0.15, 0.2) is 0 Å². The highest BCUT2D eigenvalue weighted by Gasteiger charge is 2.31. The Hall–Kier alpha value is -2.62. The van der Waals surface area contributed by atoms with E-state index in [2.05, 4.69) is 45.8 Å². The minimum Gasteiger partial charge on any atom is -0.466 e.